The van der Waals surface area contributed by atoms with Gasteiger partial charge in [-0.15, -0.1) is 0 Å². The molecule has 0 saturated heterocycles. The summed E-state index contributed by atoms with van der Waals surface area (Å²) >= 11 is 0.894. The fourth-order valence-corrected chi connectivity index (χ4v) is 3.47. The van der Waals surface area contributed by atoms with Crippen LogP contribution in [0.15, 0.2) is 36.4 Å². The number of benzene rings is 2. The number of carbonyl (C=O) groups excluding carboxylic acids is 2. The van der Waals surface area contributed by atoms with Gasteiger partial charge in [0.15, 0.2) is 5.13 Å². The van der Waals surface area contributed by atoms with E-state index in [0.717, 1.165) is 11.3 Å². The van der Waals surface area contributed by atoms with Crippen LogP contribution in [0.2, 0.25) is 0 Å². The summed E-state index contributed by atoms with van der Waals surface area (Å²) in [4.78, 5) is 28.2. The Morgan fingerprint density at radius 1 is 0.968 bits per heavy atom. The lowest BCUT2D eigenvalue weighted by atomic mass is 10.0. The van der Waals surface area contributed by atoms with Crippen LogP contribution in [-0.2, 0) is 17.1 Å². The number of thiazole rings is 1. The number of alkyl halides is 6. The average Bonchev–Trinajstić information content (AvgIpc) is 3.07. The molecule has 0 aliphatic carbocycles. The van der Waals surface area contributed by atoms with Crippen molar-refractivity contribution >= 4 is 38.6 Å². The summed E-state index contributed by atoms with van der Waals surface area (Å²) < 4.78 is 83.2. The molecule has 0 unspecified atom stereocenters. The van der Waals surface area contributed by atoms with Crippen molar-refractivity contribution in [3.63, 3.8) is 0 Å². The Kier molecular flexibility index (Phi) is 5.94. The highest BCUT2D eigenvalue weighted by atomic mass is 32.1. The van der Waals surface area contributed by atoms with Crippen LogP contribution in [0, 0.1) is 0 Å². The van der Waals surface area contributed by atoms with Crippen LogP contribution in [0.25, 0.3) is 10.2 Å². The molecule has 0 spiro atoms. The molecule has 0 fully saturated rings. The van der Waals surface area contributed by atoms with Crippen LogP contribution in [0.4, 0.5) is 31.5 Å². The van der Waals surface area contributed by atoms with Gasteiger partial charge in [-0.1, -0.05) is 11.3 Å². The Morgan fingerprint density at radius 2 is 1.58 bits per heavy atom. The highest BCUT2D eigenvalue weighted by molar-refractivity contribution is 7.22. The second-order valence-corrected chi connectivity index (χ2v) is 7.20. The van der Waals surface area contributed by atoms with Gasteiger partial charge in [0.25, 0.3) is 5.91 Å². The Bertz CT molecular complexity index is 1120. The summed E-state index contributed by atoms with van der Waals surface area (Å²) in [6.07, 6.45) is -10.1. The van der Waals surface area contributed by atoms with Gasteiger partial charge >= 0.3 is 18.3 Å². The Balaban J connectivity index is 1.92. The molecule has 2 aromatic carbocycles. The summed E-state index contributed by atoms with van der Waals surface area (Å²) in [5, 5.41) is 2.13. The summed E-state index contributed by atoms with van der Waals surface area (Å²) in [6, 6.07) is 4.96. The van der Waals surface area contributed by atoms with Gasteiger partial charge in [-0.3, -0.25) is 10.1 Å². The number of nitrogens with zero attached hydrogens (tertiary/aromatic N) is 1. The zero-order chi connectivity index (χ0) is 23.0. The molecule has 0 bridgehead atoms. The third-order valence-corrected chi connectivity index (χ3v) is 4.90. The van der Waals surface area contributed by atoms with Crippen molar-refractivity contribution in [2.45, 2.75) is 19.3 Å². The van der Waals surface area contributed by atoms with E-state index in [0.29, 0.717) is 22.3 Å². The first-order valence-corrected chi connectivity index (χ1v) is 9.38. The van der Waals surface area contributed by atoms with Crippen LogP contribution in [0.1, 0.15) is 38.8 Å². The van der Waals surface area contributed by atoms with E-state index < -0.39 is 40.9 Å². The number of rotatable bonds is 4. The van der Waals surface area contributed by atoms with Crippen molar-refractivity contribution in [1.29, 1.82) is 0 Å². The minimum atomic E-state index is -5.07. The topological polar surface area (TPSA) is 68.3 Å². The van der Waals surface area contributed by atoms with Gasteiger partial charge in [-0.05, 0) is 43.3 Å². The number of hydrogen-bond acceptors (Lipinski definition) is 5. The molecule has 1 N–H and O–H groups in total. The van der Waals surface area contributed by atoms with Gasteiger partial charge in [0.2, 0.25) is 0 Å². The molecule has 1 heterocycles. The first-order chi connectivity index (χ1) is 14.4. The molecule has 164 valence electrons. The van der Waals surface area contributed by atoms with E-state index >= 15 is 0 Å². The number of fused-ring (bicyclic) bond motifs is 1. The fourth-order valence-electron chi connectivity index (χ4n) is 2.57. The number of carbonyl (C=O) groups is 2. The van der Waals surface area contributed by atoms with Gasteiger partial charge in [0.05, 0.1) is 33.5 Å². The molecule has 0 atom stereocenters. The highest BCUT2D eigenvalue weighted by Gasteiger charge is 2.37. The van der Waals surface area contributed by atoms with Crippen molar-refractivity contribution in [3.8, 4) is 0 Å². The maximum Gasteiger partial charge on any atom is 0.416 e. The molecule has 0 radical (unpaired) electrons. The minimum Gasteiger partial charge on any atom is -0.462 e. The molecule has 31 heavy (non-hydrogen) atoms. The van der Waals surface area contributed by atoms with Crippen molar-refractivity contribution in [2.24, 2.45) is 0 Å². The van der Waals surface area contributed by atoms with Crippen molar-refractivity contribution in [2.75, 3.05) is 11.9 Å². The van der Waals surface area contributed by atoms with Crippen molar-refractivity contribution in [3.05, 3.63) is 58.7 Å². The quantitative estimate of drug-likeness (QED) is 0.395. The van der Waals surface area contributed by atoms with Crippen molar-refractivity contribution in [1.82, 2.24) is 4.98 Å². The number of esters is 1. The molecule has 0 aliphatic rings. The summed E-state index contributed by atoms with van der Waals surface area (Å²) in [5.74, 6) is -1.77. The second-order valence-electron chi connectivity index (χ2n) is 6.17. The monoisotopic (exact) mass is 462 g/mol. The standard InChI is InChI=1S/C19H12F6N2O3S/c1-2-30-16(29)9-3-4-13-14(7-9)31-17(26-13)27-15(28)10-5-11(18(20,21)22)8-12(6-10)19(23,24)25/h3-8H,2H2,1H3,(H,26,27,28). The lowest BCUT2D eigenvalue weighted by molar-refractivity contribution is -0.143. The first kappa shape index (κ1) is 22.5. The minimum absolute atomic E-state index is 0.0630. The van der Waals surface area contributed by atoms with Crippen LogP contribution >= 0.6 is 11.3 Å². The predicted octanol–water partition coefficient (Wildman–Crippen LogP) is 5.76. The molecule has 3 rings (SSSR count). The Labute approximate surface area is 174 Å². The fraction of sp³-hybridized carbons (Fsp3) is 0.211. The summed E-state index contributed by atoms with van der Waals surface area (Å²) in [7, 11) is 0. The predicted molar refractivity (Wildman–Crippen MR) is 100.0 cm³/mol. The molecule has 12 heteroatoms. The number of aromatic nitrogens is 1. The van der Waals surface area contributed by atoms with E-state index in [1.54, 1.807) is 6.92 Å². The van der Waals surface area contributed by atoms with Gasteiger partial charge in [0, 0.05) is 5.56 Å². The van der Waals surface area contributed by atoms with E-state index in [2.05, 4.69) is 10.3 Å². The largest absolute Gasteiger partial charge is 0.462 e. The smallest absolute Gasteiger partial charge is 0.416 e. The van der Waals surface area contributed by atoms with E-state index in [9.17, 15) is 35.9 Å². The SMILES string of the molecule is CCOC(=O)c1ccc2nc(NC(=O)c3cc(C(F)(F)F)cc(C(F)(F)F)c3)sc2c1. The van der Waals surface area contributed by atoms with Gasteiger partial charge in [0.1, 0.15) is 0 Å². The number of hydrogen-bond donors (Lipinski definition) is 1. The van der Waals surface area contributed by atoms with Gasteiger partial charge in [-0.25, -0.2) is 9.78 Å². The normalized spacial score (nSPS) is 12.1. The maximum atomic E-state index is 13.0. The molecule has 1 amide bonds. The number of nitrogens with one attached hydrogen (secondary N) is 1. The van der Waals surface area contributed by atoms with Crippen LogP contribution in [-0.4, -0.2) is 23.5 Å². The van der Waals surface area contributed by atoms with Gasteiger partial charge in [-0.2, -0.15) is 26.3 Å². The number of amides is 1. The lowest BCUT2D eigenvalue weighted by Gasteiger charge is -2.13. The van der Waals surface area contributed by atoms with Crippen LogP contribution in [0.3, 0.4) is 0 Å². The second kappa shape index (κ2) is 8.17. The third-order valence-electron chi connectivity index (χ3n) is 3.97. The first-order valence-electron chi connectivity index (χ1n) is 8.57. The van der Waals surface area contributed by atoms with Crippen molar-refractivity contribution < 1.29 is 40.7 Å². The third kappa shape index (κ3) is 5.13. The molecule has 0 aliphatic heterocycles. The summed E-state index contributed by atoms with van der Waals surface area (Å²) in [6.45, 7) is 1.80. The van der Waals surface area contributed by atoms with E-state index in [4.69, 9.17) is 4.74 Å². The number of anilines is 1. The zero-order valence-electron chi connectivity index (χ0n) is 15.5. The molecule has 1 aromatic heterocycles. The zero-order valence-corrected chi connectivity index (χ0v) is 16.3. The Hall–Kier alpha value is -3.15. The average molecular weight is 462 g/mol. The van der Waals surface area contributed by atoms with Crippen LogP contribution < -0.4 is 5.32 Å². The van der Waals surface area contributed by atoms with E-state index in [-0.39, 0.29) is 23.4 Å². The Morgan fingerprint density at radius 3 is 2.13 bits per heavy atom. The van der Waals surface area contributed by atoms with Crippen LogP contribution in [0.5, 0.6) is 0 Å². The van der Waals surface area contributed by atoms with E-state index in [1.807, 2.05) is 0 Å². The molecule has 5 nitrogen and oxygen atoms in total. The molecular weight excluding hydrogens is 450 g/mol. The number of halogens is 6. The summed E-state index contributed by atoms with van der Waals surface area (Å²) in [5.41, 5.74) is -3.43. The van der Waals surface area contributed by atoms with Gasteiger partial charge < -0.3 is 4.74 Å². The lowest BCUT2D eigenvalue weighted by Crippen LogP contribution is -2.17. The molecular formula is C19H12F6N2O3S. The molecule has 3 aromatic rings. The molecule has 0 saturated carbocycles. The van der Waals surface area contributed by atoms with E-state index in [1.165, 1.54) is 18.2 Å². The maximum absolute atomic E-state index is 13.0. The number of ether oxygens (including phenoxy) is 1. The highest BCUT2D eigenvalue weighted by Crippen LogP contribution is 2.36.